The van der Waals surface area contributed by atoms with Crippen LogP contribution >= 0.6 is 11.8 Å². The fraction of sp³-hybridized carbons (Fsp3) is 0.500. The Hall–Kier alpha value is -1.18. The van der Waals surface area contributed by atoms with Gasteiger partial charge in [-0.15, -0.1) is 11.8 Å². The minimum Gasteiger partial charge on any atom is -0.384 e. The largest absolute Gasteiger partial charge is 0.384 e. The van der Waals surface area contributed by atoms with E-state index >= 15 is 0 Å². The summed E-state index contributed by atoms with van der Waals surface area (Å²) in [7, 11) is 0. The monoisotopic (exact) mass is 261 g/mol. The molecule has 18 heavy (non-hydrogen) atoms. The molecule has 96 valence electrons. The summed E-state index contributed by atoms with van der Waals surface area (Å²) in [6.45, 7) is 3.19. The highest BCUT2D eigenvalue weighted by atomic mass is 32.2. The Balaban J connectivity index is 2.02. The van der Waals surface area contributed by atoms with Gasteiger partial charge in [-0.1, -0.05) is 6.07 Å². The quantitative estimate of drug-likeness (QED) is 0.818. The number of piperidine rings is 1. The zero-order valence-corrected chi connectivity index (χ0v) is 11.5. The topological polar surface area (TPSA) is 47.8 Å². The molecule has 2 rings (SSSR count). The van der Waals surface area contributed by atoms with E-state index in [1.54, 1.807) is 11.8 Å². The number of nitriles is 1. The van der Waals surface area contributed by atoms with Crippen LogP contribution in [0.15, 0.2) is 23.1 Å². The fourth-order valence-corrected chi connectivity index (χ4v) is 2.88. The Morgan fingerprint density at radius 3 is 2.89 bits per heavy atom. The lowest BCUT2D eigenvalue weighted by molar-refractivity contribution is 0.390. The average Bonchev–Trinajstić information content (AvgIpc) is 2.45. The molecule has 0 unspecified atom stereocenters. The van der Waals surface area contributed by atoms with Crippen LogP contribution < -0.4 is 10.6 Å². The van der Waals surface area contributed by atoms with Crippen molar-refractivity contribution in [2.45, 2.75) is 17.7 Å². The Morgan fingerprint density at radius 2 is 2.22 bits per heavy atom. The van der Waals surface area contributed by atoms with Gasteiger partial charge in [0.15, 0.2) is 0 Å². The van der Waals surface area contributed by atoms with Gasteiger partial charge in [0.05, 0.1) is 11.3 Å². The van der Waals surface area contributed by atoms with Crippen LogP contribution in [0, 0.1) is 17.2 Å². The highest BCUT2D eigenvalue weighted by Crippen LogP contribution is 2.26. The number of nitrogens with one attached hydrogen (secondary N) is 2. The van der Waals surface area contributed by atoms with Crippen LogP contribution in [0.5, 0.6) is 0 Å². The van der Waals surface area contributed by atoms with E-state index < -0.39 is 0 Å². The maximum atomic E-state index is 9.25. The molecule has 1 aromatic rings. The number of thioether (sulfide) groups is 1. The summed E-state index contributed by atoms with van der Waals surface area (Å²) in [5.74, 6) is 0.718. The van der Waals surface area contributed by atoms with Gasteiger partial charge in [-0.05, 0) is 50.2 Å². The molecule has 4 heteroatoms. The molecule has 1 aliphatic rings. The molecular weight excluding hydrogens is 242 g/mol. The van der Waals surface area contributed by atoms with Gasteiger partial charge in [0.2, 0.25) is 0 Å². The van der Waals surface area contributed by atoms with E-state index in [-0.39, 0.29) is 0 Å². The lowest BCUT2D eigenvalue weighted by Gasteiger charge is -2.23. The van der Waals surface area contributed by atoms with Crippen molar-refractivity contribution < 1.29 is 0 Å². The van der Waals surface area contributed by atoms with E-state index in [9.17, 15) is 5.26 Å². The standard InChI is InChI=1S/C14H19N3S/c1-18-14-4-2-3-13(12(14)9-15)17-10-11-5-7-16-8-6-11/h2-4,11,16-17H,5-8,10H2,1H3. The third-order valence-corrected chi connectivity index (χ3v) is 4.18. The van der Waals surface area contributed by atoms with Crippen LogP contribution in [0.3, 0.4) is 0 Å². The second-order valence-electron chi connectivity index (χ2n) is 4.57. The molecule has 2 N–H and O–H groups in total. The third-order valence-electron chi connectivity index (χ3n) is 3.40. The number of benzene rings is 1. The van der Waals surface area contributed by atoms with Crippen molar-refractivity contribution >= 4 is 17.4 Å². The Bertz CT molecular complexity index is 433. The Labute approximate surface area is 113 Å². The van der Waals surface area contributed by atoms with Crippen LogP contribution in [0.25, 0.3) is 0 Å². The number of anilines is 1. The maximum Gasteiger partial charge on any atom is 0.102 e. The molecule has 0 bridgehead atoms. The molecule has 0 aromatic heterocycles. The first-order valence-electron chi connectivity index (χ1n) is 6.37. The lowest BCUT2D eigenvalue weighted by Crippen LogP contribution is -2.31. The van der Waals surface area contributed by atoms with E-state index in [1.807, 2.05) is 24.5 Å². The van der Waals surface area contributed by atoms with Gasteiger partial charge >= 0.3 is 0 Å². The van der Waals surface area contributed by atoms with E-state index in [0.717, 1.165) is 41.7 Å². The Morgan fingerprint density at radius 1 is 1.44 bits per heavy atom. The van der Waals surface area contributed by atoms with Gasteiger partial charge < -0.3 is 10.6 Å². The SMILES string of the molecule is CSc1cccc(NCC2CCNCC2)c1C#N. The Kier molecular flexibility index (Phi) is 4.91. The van der Waals surface area contributed by atoms with E-state index in [4.69, 9.17) is 0 Å². The summed E-state index contributed by atoms with van der Waals surface area (Å²) in [5, 5.41) is 16.1. The van der Waals surface area contributed by atoms with Crippen molar-refractivity contribution in [3.05, 3.63) is 23.8 Å². The number of nitrogens with zero attached hydrogens (tertiary/aromatic N) is 1. The highest BCUT2D eigenvalue weighted by molar-refractivity contribution is 7.98. The zero-order valence-electron chi connectivity index (χ0n) is 10.7. The molecule has 3 nitrogen and oxygen atoms in total. The zero-order chi connectivity index (χ0) is 12.8. The van der Waals surface area contributed by atoms with Crippen molar-refractivity contribution in [1.82, 2.24) is 5.32 Å². The van der Waals surface area contributed by atoms with Gasteiger partial charge in [-0.3, -0.25) is 0 Å². The molecule has 0 aliphatic carbocycles. The van der Waals surface area contributed by atoms with Gasteiger partial charge in [0, 0.05) is 11.4 Å². The first-order chi connectivity index (χ1) is 8.85. The van der Waals surface area contributed by atoms with Crippen LogP contribution in [-0.2, 0) is 0 Å². The van der Waals surface area contributed by atoms with Crippen molar-refractivity contribution in [3.63, 3.8) is 0 Å². The predicted molar refractivity (Wildman–Crippen MR) is 77.0 cm³/mol. The van der Waals surface area contributed by atoms with Crippen LogP contribution in [0.4, 0.5) is 5.69 Å². The van der Waals surface area contributed by atoms with Gasteiger partial charge in [-0.2, -0.15) is 5.26 Å². The molecule has 1 aromatic carbocycles. The summed E-state index contributed by atoms with van der Waals surface area (Å²) < 4.78 is 0. The summed E-state index contributed by atoms with van der Waals surface area (Å²) in [6.07, 6.45) is 4.45. The number of hydrogen-bond acceptors (Lipinski definition) is 4. The smallest absolute Gasteiger partial charge is 0.102 e. The molecule has 0 amide bonds. The van der Waals surface area contributed by atoms with Crippen molar-refractivity contribution in [2.75, 3.05) is 31.2 Å². The summed E-state index contributed by atoms with van der Waals surface area (Å²) in [5.41, 5.74) is 1.75. The first kappa shape index (κ1) is 13.3. The molecule has 1 heterocycles. The van der Waals surface area contributed by atoms with Gasteiger partial charge in [0.25, 0.3) is 0 Å². The predicted octanol–water partition coefficient (Wildman–Crippen LogP) is 2.69. The molecule has 1 aliphatic heterocycles. The van der Waals surface area contributed by atoms with Crippen LogP contribution in [0.2, 0.25) is 0 Å². The minimum atomic E-state index is 0.718. The van der Waals surface area contributed by atoms with Crippen LogP contribution in [-0.4, -0.2) is 25.9 Å². The van der Waals surface area contributed by atoms with Gasteiger partial charge in [-0.25, -0.2) is 0 Å². The minimum absolute atomic E-state index is 0.718. The summed E-state index contributed by atoms with van der Waals surface area (Å²) >= 11 is 1.62. The molecule has 0 radical (unpaired) electrons. The highest BCUT2D eigenvalue weighted by Gasteiger charge is 2.14. The summed E-state index contributed by atoms with van der Waals surface area (Å²) in [6, 6.07) is 8.32. The molecule has 0 atom stereocenters. The number of hydrogen-bond donors (Lipinski definition) is 2. The van der Waals surface area contributed by atoms with Crippen LogP contribution in [0.1, 0.15) is 18.4 Å². The van der Waals surface area contributed by atoms with E-state index in [1.165, 1.54) is 12.8 Å². The second kappa shape index (κ2) is 6.67. The fourth-order valence-electron chi connectivity index (χ4n) is 2.30. The molecule has 1 fully saturated rings. The molecular formula is C14H19N3S. The summed E-state index contributed by atoms with van der Waals surface area (Å²) in [4.78, 5) is 1.05. The second-order valence-corrected chi connectivity index (χ2v) is 5.42. The van der Waals surface area contributed by atoms with E-state index in [2.05, 4.69) is 16.7 Å². The van der Waals surface area contributed by atoms with E-state index in [0.29, 0.717) is 0 Å². The third kappa shape index (κ3) is 3.18. The maximum absolute atomic E-state index is 9.25. The van der Waals surface area contributed by atoms with Crippen molar-refractivity contribution in [1.29, 1.82) is 5.26 Å². The normalized spacial score (nSPS) is 16.2. The number of rotatable bonds is 4. The molecule has 1 saturated heterocycles. The van der Waals surface area contributed by atoms with Crippen molar-refractivity contribution in [2.24, 2.45) is 5.92 Å². The molecule has 0 saturated carbocycles. The average molecular weight is 261 g/mol. The lowest BCUT2D eigenvalue weighted by atomic mass is 9.98. The first-order valence-corrected chi connectivity index (χ1v) is 7.59. The molecule has 0 spiro atoms. The van der Waals surface area contributed by atoms with Crippen molar-refractivity contribution in [3.8, 4) is 6.07 Å². The van der Waals surface area contributed by atoms with Gasteiger partial charge in [0.1, 0.15) is 6.07 Å².